The molecule has 1 N–H and O–H groups in total. The van der Waals surface area contributed by atoms with E-state index in [1.165, 1.54) is 22.6 Å². The fourth-order valence-electron chi connectivity index (χ4n) is 3.72. The topological polar surface area (TPSA) is 48.5 Å². The van der Waals surface area contributed by atoms with Gasteiger partial charge in [0.2, 0.25) is 0 Å². The number of benzene rings is 1. The van der Waals surface area contributed by atoms with Gasteiger partial charge in [-0.05, 0) is 50.9 Å². The number of amides is 1. The number of anilines is 1. The van der Waals surface area contributed by atoms with Crippen LogP contribution in [0.3, 0.4) is 0 Å². The molecule has 3 rings (SSSR count). The van der Waals surface area contributed by atoms with Crippen molar-refractivity contribution in [2.45, 2.75) is 52.9 Å². The first-order valence-electron chi connectivity index (χ1n) is 11.0. The molecule has 1 aromatic heterocycles. The molecule has 5 nitrogen and oxygen atoms in total. The van der Waals surface area contributed by atoms with Gasteiger partial charge in [-0.1, -0.05) is 32.9 Å². The van der Waals surface area contributed by atoms with Crippen LogP contribution in [-0.4, -0.2) is 55.1 Å². The Bertz CT molecular complexity index is 847. The lowest BCUT2D eigenvalue weighted by Crippen LogP contribution is -2.46. The Labute approximate surface area is 185 Å². The van der Waals surface area contributed by atoms with Gasteiger partial charge >= 0.3 is 0 Å². The highest BCUT2D eigenvalue weighted by Gasteiger charge is 2.23. The molecule has 1 amide bonds. The average molecular weight is 429 g/mol. The van der Waals surface area contributed by atoms with Gasteiger partial charge in [-0.15, -0.1) is 11.3 Å². The molecule has 0 radical (unpaired) electrons. The summed E-state index contributed by atoms with van der Waals surface area (Å²) >= 11 is 1.52. The lowest BCUT2D eigenvalue weighted by molar-refractivity contribution is 0.0955. The zero-order valence-corrected chi connectivity index (χ0v) is 19.9. The SMILES string of the molecule is Cc1cccc(N2CCN(CCCCNC(=O)c3sc(C(C)(C)C)nc3C)CC2)c1. The third-order valence-electron chi connectivity index (χ3n) is 5.57. The first-order chi connectivity index (χ1) is 14.2. The second kappa shape index (κ2) is 9.92. The van der Waals surface area contributed by atoms with Gasteiger partial charge in [0.15, 0.2) is 0 Å². The van der Waals surface area contributed by atoms with Crippen molar-refractivity contribution in [2.24, 2.45) is 0 Å². The number of hydrogen-bond donors (Lipinski definition) is 1. The Hall–Kier alpha value is -1.92. The summed E-state index contributed by atoms with van der Waals surface area (Å²) in [6, 6.07) is 8.77. The molecule has 6 heteroatoms. The summed E-state index contributed by atoms with van der Waals surface area (Å²) in [6.07, 6.45) is 2.12. The number of aromatic nitrogens is 1. The van der Waals surface area contributed by atoms with Gasteiger partial charge in [0.1, 0.15) is 4.88 Å². The molecule has 30 heavy (non-hydrogen) atoms. The van der Waals surface area contributed by atoms with Crippen LogP contribution >= 0.6 is 11.3 Å². The quantitative estimate of drug-likeness (QED) is 0.665. The number of nitrogens with one attached hydrogen (secondary N) is 1. The van der Waals surface area contributed by atoms with Gasteiger partial charge in [0, 0.05) is 43.8 Å². The number of hydrogen-bond acceptors (Lipinski definition) is 5. The van der Waals surface area contributed by atoms with E-state index in [1.54, 1.807) is 0 Å². The van der Waals surface area contributed by atoms with Gasteiger partial charge < -0.3 is 10.2 Å². The molecule has 2 aromatic rings. The van der Waals surface area contributed by atoms with E-state index in [0.717, 1.165) is 67.7 Å². The highest BCUT2D eigenvalue weighted by Crippen LogP contribution is 2.29. The van der Waals surface area contributed by atoms with Crippen molar-refractivity contribution in [1.82, 2.24) is 15.2 Å². The fraction of sp³-hybridized carbons (Fsp3) is 0.583. The third-order valence-corrected chi connectivity index (χ3v) is 7.15. The van der Waals surface area contributed by atoms with Crippen LogP contribution in [0.2, 0.25) is 0 Å². The molecule has 0 unspecified atom stereocenters. The number of carbonyl (C=O) groups is 1. The summed E-state index contributed by atoms with van der Waals surface area (Å²) < 4.78 is 0. The molecule has 1 saturated heterocycles. The average Bonchev–Trinajstić information content (AvgIpc) is 3.10. The highest BCUT2D eigenvalue weighted by molar-refractivity contribution is 7.14. The molecule has 1 aliphatic rings. The maximum absolute atomic E-state index is 12.5. The Morgan fingerprint density at radius 1 is 1.13 bits per heavy atom. The minimum absolute atomic E-state index is 0.0165. The van der Waals surface area contributed by atoms with Gasteiger partial charge in [-0.2, -0.15) is 0 Å². The monoisotopic (exact) mass is 428 g/mol. The molecule has 1 fully saturated rings. The minimum atomic E-state index is -0.0165. The van der Waals surface area contributed by atoms with E-state index in [1.807, 2.05) is 6.92 Å². The van der Waals surface area contributed by atoms with Crippen LogP contribution in [0.4, 0.5) is 5.69 Å². The summed E-state index contributed by atoms with van der Waals surface area (Å²) in [7, 11) is 0. The molecular formula is C24H36N4OS. The van der Waals surface area contributed by atoms with Crippen molar-refractivity contribution < 1.29 is 4.79 Å². The number of rotatable bonds is 7. The van der Waals surface area contributed by atoms with E-state index >= 15 is 0 Å². The van der Waals surface area contributed by atoms with E-state index in [-0.39, 0.29) is 11.3 Å². The van der Waals surface area contributed by atoms with Crippen LogP contribution in [0.25, 0.3) is 0 Å². The minimum Gasteiger partial charge on any atom is -0.369 e. The van der Waals surface area contributed by atoms with E-state index in [2.05, 4.69) is 72.1 Å². The van der Waals surface area contributed by atoms with Crippen LogP contribution in [0.5, 0.6) is 0 Å². The second-order valence-electron chi connectivity index (χ2n) is 9.31. The fourth-order valence-corrected chi connectivity index (χ4v) is 4.77. The predicted octanol–water partition coefficient (Wildman–Crippen LogP) is 4.39. The Morgan fingerprint density at radius 2 is 1.87 bits per heavy atom. The Morgan fingerprint density at radius 3 is 2.50 bits per heavy atom. The van der Waals surface area contributed by atoms with Gasteiger partial charge in [-0.25, -0.2) is 4.98 Å². The number of nitrogens with zero attached hydrogens (tertiary/aromatic N) is 3. The van der Waals surface area contributed by atoms with Crippen molar-refractivity contribution in [3.63, 3.8) is 0 Å². The van der Waals surface area contributed by atoms with Crippen molar-refractivity contribution >= 4 is 22.9 Å². The van der Waals surface area contributed by atoms with Gasteiger partial charge in [-0.3, -0.25) is 9.69 Å². The molecular weight excluding hydrogens is 392 g/mol. The van der Waals surface area contributed by atoms with Crippen molar-refractivity contribution in [2.75, 3.05) is 44.2 Å². The van der Waals surface area contributed by atoms with Crippen LogP contribution < -0.4 is 10.2 Å². The largest absolute Gasteiger partial charge is 0.369 e. The molecule has 0 atom stereocenters. The summed E-state index contributed by atoms with van der Waals surface area (Å²) in [5.41, 5.74) is 3.48. The maximum atomic E-state index is 12.5. The first-order valence-corrected chi connectivity index (χ1v) is 11.9. The number of carbonyl (C=O) groups excluding carboxylic acids is 1. The molecule has 1 aliphatic heterocycles. The second-order valence-corrected chi connectivity index (χ2v) is 10.3. The summed E-state index contributed by atoms with van der Waals surface area (Å²) in [5.74, 6) is 0.0206. The smallest absolute Gasteiger partial charge is 0.263 e. The molecule has 2 heterocycles. The Kier molecular flexibility index (Phi) is 7.53. The Balaban J connectivity index is 1.34. The zero-order chi connectivity index (χ0) is 21.7. The maximum Gasteiger partial charge on any atom is 0.263 e. The van der Waals surface area contributed by atoms with E-state index in [4.69, 9.17) is 0 Å². The van der Waals surface area contributed by atoms with E-state index < -0.39 is 0 Å². The van der Waals surface area contributed by atoms with Crippen LogP contribution in [0, 0.1) is 13.8 Å². The lowest BCUT2D eigenvalue weighted by Gasteiger charge is -2.36. The van der Waals surface area contributed by atoms with Crippen LogP contribution in [0.15, 0.2) is 24.3 Å². The molecule has 0 aliphatic carbocycles. The van der Waals surface area contributed by atoms with Gasteiger partial charge in [0.25, 0.3) is 5.91 Å². The standard InChI is InChI=1S/C24H36N4OS/c1-18-9-8-10-20(17-18)28-15-13-27(14-16-28)12-7-6-11-25-22(29)21-19(2)26-23(30-21)24(3,4)5/h8-10,17H,6-7,11-16H2,1-5H3,(H,25,29). The number of aryl methyl sites for hydroxylation is 2. The molecule has 0 bridgehead atoms. The lowest BCUT2D eigenvalue weighted by atomic mass is 9.98. The summed E-state index contributed by atoms with van der Waals surface area (Å²) in [6.45, 7) is 16.7. The van der Waals surface area contributed by atoms with Crippen LogP contribution in [-0.2, 0) is 5.41 Å². The van der Waals surface area contributed by atoms with Crippen molar-refractivity contribution in [3.8, 4) is 0 Å². The van der Waals surface area contributed by atoms with Crippen molar-refractivity contribution in [1.29, 1.82) is 0 Å². The first kappa shape index (κ1) is 22.8. The van der Waals surface area contributed by atoms with Gasteiger partial charge in [0.05, 0.1) is 10.7 Å². The third kappa shape index (κ3) is 6.05. The predicted molar refractivity (Wildman–Crippen MR) is 127 cm³/mol. The molecule has 0 saturated carbocycles. The summed E-state index contributed by atoms with van der Waals surface area (Å²) in [5, 5.41) is 4.10. The van der Waals surface area contributed by atoms with E-state index in [9.17, 15) is 4.79 Å². The number of piperazine rings is 1. The van der Waals surface area contributed by atoms with Crippen molar-refractivity contribution in [3.05, 3.63) is 45.4 Å². The molecule has 164 valence electrons. The number of thiazole rings is 1. The highest BCUT2D eigenvalue weighted by atomic mass is 32.1. The normalized spacial score (nSPS) is 15.4. The van der Waals surface area contributed by atoms with Crippen LogP contribution in [0.1, 0.15) is 59.5 Å². The van der Waals surface area contributed by atoms with E-state index in [0.29, 0.717) is 0 Å². The number of unbranched alkanes of at least 4 members (excludes halogenated alkanes) is 1. The zero-order valence-electron chi connectivity index (χ0n) is 19.1. The molecule has 0 spiro atoms. The molecule has 1 aromatic carbocycles. The summed E-state index contributed by atoms with van der Waals surface area (Å²) in [4.78, 5) is 22.9.